The molecule has 21 heavy (non-hydrogen) atoms. The summed E-state index contributed by atoms with van der Waals surface area (Å²) in [4.78, 5) is 30.8. The summed E-state index contributed by atoms with van der Waals surface area (Å²) >= 11 is 0. The minimum atomic E-state index is -3.74. The number of sulfonamides is 1. The van der Waals surface area contributed by atoms with Crippen molar-refractivity contribution in [2.75, 3.05) is 20.1 Å². The summed E-state index contributed by atoms with van der Waals surface area (Å²) in [5.74, 6) is 0. The van der Waals surface area contributed by atoms with Gasteiger partial charge in [0.15, 0.2) is 0 Å². The summed E-state index contributed by atoms with van der Waals surface area (Å²) in [5.41, 5.74) is -1.34. The summed E-state index contributed by atoms with van der Waals surface area (Å²) in [6, 6.07) is 1.18. The minimum absolute atomic E-state index is 0.00713. The van der Waals surface area contributed by atoms with Gasteiger partial charge in [-0.1, -0.05) is 0 Å². The maximum atomic E-state index is 12.1. The van der Waals surface area contributed by atoms with Crippen molar-refractivity contribution >= 4 is 21.1 Å². The molecule has 0 radical (unpaired) electrons. The lowest BCUT2D eigenvalue weighted by Gasteiger charge is -2.06. The molecular weight excluding hydrogens is 298 g/mol. The second-order valence-corrected chi connectivity index (χ2v) is 6.10. The third-order valence-corrected chi connectivity index (χ3v) is 4.20. The quantitative estimate of drug-likeness (QED) is 0.479. The van der Waals surface area contributed by atoms with Gasteiger partial charge in [0, 0.05) is 12.7 Å². The van der Waals surface area contributed by atoms with Gasteiger partial charge < -0.3 is 5.32 Å². The first kappa shape index (κ1) is 15.4. The van der Waals surface area contributed by atoms with E-state index < -0.39 is 21.3 Å². The van der Waals surface area contributed by atoms with Gasteiger partial charge in [-0.25, -0.2) is 22.9 Å². The Bertz CT molecular complexity index is 855. The van der Waals surface area contributed by atoms with E-state index in [-0.39, 0.29) is 22.5 Å². The van der Waals surface area contributed by atoms with E-state index in [9.17, 15) is 18.0 Å². The van der Waals surface area contributed by atoms with Crippen molar-refractivity contribution in [1.29, 1.82) is 0 Å². The fourth-order valence-electron chi connectivity index (χ4n) is 1.73. The van der Waals surface area contributed by atoms with Gasteiger partial charge in [-0.05, 0) is 26.1 Å². The van der Waals surface area contributed by atoms with Crippen LogP contribution in [0.4, 0.5) is 0 Å². The number of hydrogen-bond acceptors (Lipinski definition) is 6. The topological polar surface area (TPSA) is 137 Å². The van der Waals surface area contributed by atoms with E-state index in [2.05, 4.69) is 20.0 Å². The molecule has 2 aromatic heterocycles. The second-order valence-electron chi connectivity index (χ2n) is 4.33. The highest BCUT2D eigenvalue weighted by molar-refractivity contribution is 7.89. The molecule has 0 aliphatic carbocycles. The molecule has 2 rings (SSSR count). The molecule has 0 saturated carbocycles. The fraction of sp³-hybridized carbons (Fsp3) is 0.364. The van der Waals surface area contributed by atoms with Crippen molar-refractivity contribution in [2.45, 2.75) is 11.3 Å². The predicted octanol–water partition coefficient (Wildman–Crippen LogP) is -1.50. The molecule has 0 atom stereocenters. The first-order chi connectivity index (χ1) is 9.94. The molecular formula is C11H15N5O4S. The number of hydrogen-bond donors (Lipinski definition) is 4. The zero-order valence-corrected chi connectivity index (χ0v) is 12.1. The molecule has 9 nitrogen and oxygen atoms in total. The van der Waals surface area contributed by atoms with Gasteiger partial charge in [0.1, 0.15) is 10.5 Å². The summed E-state index contributed by atoms with van der Waals surface area (Å²) in [7, 11) is -1.97. The van der Waals surface area contributed by atoms with Gasteiger partial charge in [-0.15, -0.1) is 0 Å². The van der Waals surface area contributed by atoms with Gasteiger partial charge in [0.2, 0.25) is 10.0 Å². The molecule has 0 aromatic carbocycles. The van der Waals surface area contributed by atoms with Crippen LogP contribution in [0.25, 0.3) is 11.0 Å². The minimum Gasteiger partial charge on any atom is -0.320 e. The molecule has 0 aliphatic rings. The molecule has 0 aliphatic heterocycles. The average Bonchev–Trinajstić information content (AvgIpc) is 2.43. The Balaban J connectivity index is 2.34. The van der Waals surface area contributed by atoms with Crippen molar-refractivity contribution in [3.05, 3.63) is 33.1 Å². The summed E-state index contributed by atoms with van der Waals surface area (Å²) in [6.07, 6.45) is 1.72. The molecule has 0 amide bonds. The molecule has 0 saturated heterocycles. The van der Waals surface area contributed by atoms with E-state index >= 15 is 0 Å². The van der Waals surface area contributed by atoms with Crippen molar-refractivity contribution < 1.29 is 8.42 Å². The molecule has 0 spiro atoms. The maximum Gasteiger partial charge on any atom is 0.327 e. The number of nitrogens with zero attached hydrogens (tertiary/aromatic N) is 1. The molecule has 114 valence electrons. The highest BCUT2D eigenvalue weighted by atomic mass is 32.2. The number of fused-ring (bicyclic) bond motifs is 1. The number of pyridine rings is 1. The Morgan fingerprint density at radius 2 is 2.00 bits per heavy atom. The molecule has 2 aromatic rings. The van der Waals surface area contributed by atoms with Crippen LogP contribution in [0.1, 0.15) is 6.42 Å². The van der Waals surface area contributed by atoms with Gasteiger partial charge in [-0.3, -0.25) is 14.8 Å². The van der Waals surface area contributed by atoms with Crippen LogP contribution in [0.2, 0.25) is 0 Å². The Morgan fingerprint density at radius 1 is 1.24 bits per heavy atom. The van der Waals surface area contributed by atoms with Crippen LogP contribution in [-0.4, -0.2) is 43.5 Å². The Hall–Kier alpha value is -2.04. The summed E-state index contributed by atoms with van der Waals surface area (Å²) in [6.45, 7) is 0.947. The van der Waals surface area contributed by atoms with Crippen LogP contribution in [0.15, 0.2) is 26.7 Å². The molecule has 2 heterocycles. The average molecular weight is 313 g/mol. The van der Waals surface area contributed by atoms with Crippen LogP contribution in [0.3, 0.4) is 0 Å². The number of aromatic amines is 2. The number of H-pyrrole nitrogens is 2. The number of rotatable bonds is 6. The fourth-order valence-corrected chi connectivity index (χ4v) is 2.77. The van der Waals surface area contributed by atoms with Gasteiger partial charge >= 0.3 is 5.69 Å². The van der Waals surface area contributed by atoms with E-state index in [0.717, 1.165) is 6.20 Å². The largest absolute Gasteiger partial charge is 0.327 e. The van der Waals surface area contributed by atoms with E-state index in [1.165, 1.54) is 6.07 Å². The Kier molecular flexibility index (Phi) is 4.50. The second kappa shape index (κ2) is 6.16. The first-order valence-electron chi connectivity index (χ1n) is 6.20. The molecule has 10 heteroatoms. The Labute approximate surface area is 119 Å². The van der Waals surface area contributed by atoms with Crippen LogP contribution < -0.4 is 21.3 Å². The lowest BCUT2D eigenvalue weighted by atomic mass is 10.3. The first-order valence-corrected chi connectivity index (χ1v) is 7.69. The third kappa shape index (κ3) is 3.54. The van der Waals surface area contributed by atoms with Crippen molar-refractivity contribution in [3.8, 4) is 0 Å². The van der Waals surface area contributed by atoms with Crippen molar-refractivity contribution in [1.82, 2.24) is 25.0 Å². The number of aromatic nitrogens is 3. The van der Waals surface area contributed by atoms with Crippen LogP contribution >= 0.6 is 0 Å². The monoisotopic (exact) mass is 313 g/mol. The predicted molar refractivity (Wildman–Crippen MR) is 76.7 cm³/mol. The third-order valence-electron chi connectivity index (χ3n) is 2.77. The lowest BCUT2D eigenvalue weighted by Crippen LogP contribution is -2.27. The smallest absolute Gasteiger partial charge is 0.320 e. The van der Waals surface area contributed by atoms with Gasteiger partial charge in [-0.2, -0.15) is 0 Å². The van der Waals surface area contributed by atoms with Crippen molar-refractivity contribution in [2.24, 2.45) is 0 Å². The summed E-state index contributed by atoms with van der Waals surface area (Å²) < 4.78 is 26.5. The SMILES string of the molecule is CNCCCNS(=O)(=O)c1cnc2[nH]c(=O)[nH]c(=O)c2c1. The van der Waals surface area contributed by atoms with Crippen LogP contribution in [0, 0.1) is 0 Å². The van der Waals surface area contributed by atoms with E-state index in [4.69, 9.17) is 0 Å². The Morgan fingerprint density at radius 3 is 2.71 bits per heavy atom. The number of nitrogens with one attached hydrogen (secondary N) is 4. The summed E-state index contributed by atoms with van der Waals surface area (Å²) in [5, 5.41) is 2.91. The van der Waals surface area contributed by atoms with Crippen LogP contribution in [0.5, 0.6) is 0 Å². The van der Waals surface area contributed by atoms with E-state index in [1.807, 2.05) is 4.98 Å². The molecule has 4 N–H and O–H groups in total. The molecule has 0 bridgehead atoms. The highest BCUT2D eigenvalue weighted by Crippen LogP contribution is 2.11. The van der Waals surface area contributed by atoms with Gasteiger partial charge in [0.05, 0.1) is 5.39 Å². The lowest BCUT2D eigenvalue weighted by molar-refractivity contribution is 0.577. The zero-order valence-electron chi connectivity index (χ0n) is 11.3. The normalized spacial score (nSPS) is 11.9. The zero-order chi connectivity index (χ0) is 15.5. The van der Waals surface area contributed by atoms with Crippen molar-refractivity contribution in [3.63, 3.8) is 0 Å². The van der Waals surface area contributed by atoms with Gasteiger partial charge in [0.25, 0.3) is 5.56 Å². The molecule has 0 unspecified atom stereocenters. The maximum absolute atomic E-state index is 12.1. The standard InChI is InChI=1S/C11H15N5O4S/c1-12-3-2-4-14-21(19,20)7-5-8-9(13-6-7)15-11(18)16-10(8)17/h5-6,12,14H,2-4H2,1H3,(H2,13,15,16,17,18). The molecule has 0 fully saturated rings. The van der Waals surface area contributed by atoms with E-state index in [1.54, 1.807) is 7.05 Å². The van der Waals surface area contributed by atoms with Crippen LogP contribution in [-0.2, 0) is 10.0 Å². The van der Waals surface area contributed by atoms with E-state index in [0.29, 0.717) is 13.0 Å². The highest BCUT2D eigenvalue weighted by Gasteiger charge is 2.15.